The summed E-state index contributed by atoms with van der Waals surface area (Å²) in [6, 6.07) is 1.82. The van der Waals surface area contributed by atoms with Crippen molar-refractivity contribution in [3.63, 3.8) is 0 Å². The van der Waals surface area contributed by atoms with Gasteiger partial charge in [-0.05, 0) is 22.6 Å². The zero-order valence-electron chi connectivity index (χ0n) is 6.77. The van der Waals surface area contributed by atoms with E-state index in [1.807, 2.05) is 6.07 Å². The minimum atomic E-state index is -2.60. The molecule has 14 heavy (non-hydrogen) atoms. The van der Waals surface area contributed by atoms with Crippen LogP contribution in [0.3, 0.4) is 0 Å². The molecule has 2 nitrogen and oxygen atoms in total. The van der Waals surface area contributed by atoms with Crippen LogP contribution in [-0.4, -0.2) is 4.98 Å². The third-order valence-corrected chi connectivity index (χ3v) is 3.29. The molecule has 0 unspecified atom stereocenters. The summed E-state index contributed by atoms with van der Waals surface area (Å²) in [7, 11) is 0. The first-order chi connectivity index (χ1) is 6.61. The summed E-state index contributed by atoms with van der Waals surface area (Å²) in [4.78, 5) is 3.80. The van der Waals surface area contributed by atoms with Crippen LogP contribution in [0, 0.1) is 14.9 Å². The quantitative estimate of drug-likeness (QED) is 0.589. The second-order valence-electron chi connectivity index (χ2n) is 2.39. The first-order valence-electron chi connectivity index (χ1n) is 3.53. The van der Waals surface area contributed by atoms with Gasteiger partial charge in [0, 0.05) is 15.1 Å². The molecule has 74 valence electrons. The highest BCUT2D eigenvalue weighted by Gasteiger charge is 2.19. The Morgan fingerprint density at radius 1 is 1.64 bits per heavy atom. The first kappa shape index (κ1) is 11.8. The fraction of sp³-hybridized carbons (Fsp3) is 0.250. The van der Waals surface area contributed by atoms with Crippen molar-refractivity contribution in [2.24, 2.45) is 0 Å². The number of pyridine rings is 1. The highest BCUT2D eigenvalue weighted by atomic mass is 127. The molecule has 0 aromatic carbocycles. The van der Waals surface area contributed by atoms with Gasteiger partial charge in [-0.2, -0.15) is 5.26 Å². The molecule has 0 saturated heterocycles. The Bertz CT molecular complexity index is 390. The number of halogens is 4. The van der Waals surface area contributed by atoms with Crippen LogP contribution < -0.4 is 0 Å². The number of aromatic nitrogens is 1. The standard InChI is InChI=1S/C8H4BrF2IN2/c9-1-5-6(8(10)11)7(12)4(2-13)3-14-5/h3,8H,1H2. The SMILES string of the molecule is N#Cc1cnc(CBr)c(C(F)F)c1I. The van der Waals surface area contributed by atoms with Crippen LogP contribution in [-0.2, 0) is 5.33 Å². The van der Waals surface area contributed by atoms with Crippen LogP contribution in [0.1, 0.15) is 23.2 Å². The normalized spacial score (nSPS) is 10.3. The second kappa shape index (κ2) is 4.98. The molecular weight excluding hydrogens is 369 g/mol. The summed E-state index contributed by atoms with van der Waals surface area (Å²) >= 11 is 4.82. The molecule has 0 N–H and O–H groups in total. The molecule has 1 heterocycles. The van der Waals surface area contributed by atoms with Crippen LogP contribution in [0.25, 0.3) is 0 Å². The number of nitriles is 1. The minimum absolute atomic E-state index is 0.151. The molecule has 0 aliphatic rings. The van der Waals surface area contributed by atoms with E-state index < -0.39 is 6.43 Å². The van der Waals surface area contributed by atoms with E-state index in [-0.39, 0.29) is 25.7 Å². The van der Waals surface area contributed by atoms with Gasteiger partial charge in [0.05, 0.1) is 16.8 Å². The van der Waals surface area contributed by atoms with Crippen LogP contribution in [0.15, 0.2) is 6.20 Å². The molecule has 0 amide bonds. The Morgan fingerprint density at radius 3 is 2.71 bits per heavy atom. The Balaban J connectivity index is 3.41. The van der Waals surface area contributed by atoms with Crippen molar-refractivity contribution in [2.45, 2.75) is 11.8 Å². The number of hydrogen-bond donors (Lipinski definition) is 0. The van der Waals surface area contributed by atoms with Gasteiger partial charge in [0.15, 0.2) is 0 Å². The molecule has 0 aliphatic carbocycles. The lowest BCUT2D eigenvalue weighted by molar-refractivity contribution is 0.149. The van der Waals surface area contributed by atoms with Gasteiger partial charge in [0.2, 0.25) is 0 Å². The van der Waals surface area contributed by atoms with E-state index in [9.17, 15) is 8.78 Å². The van der Waals surface area contributed by atoms with Crippen molar-refractivity contribution in [3.05, 3.63) is 26.6 Å². The second-order valence-corrected chi connectivity index (χ2v) is 4.03. The van der Waals surface area contributed by atoms with E-state index >= 15 is 0 Å². The van der Waals surface area contributed by atoms with Crippen molar-refractivity contribution in [3.8, 4) is 6.07 Å². The fourth-order valence-electron chi connectivity index (χ4n) is 0.947. The molecule has 0 fully saturated rings. The van der Waals surface area contributed by atoms with Crippen molar-refractivity contribution in [1.29, 1.82) is 5.26 Å². The average molecular weight is 373 g/mol. The maximum atomic E-state index is 12.6. The van der Waals surface area contributed by atoms with Gasteiger partial charge >= 0.3 is 0 Å². The molecule has 1 aromatic heterocycles. The topological polar surface area (TPSA) is 36.7 Å². The average Bonchev–Trinajstić information content (AvgIpc) is 2.16. The molecule has 0 radical (unpaired) electrons. The zero-order chi connectivity index (χ0) is 10.7. The Kier molecular flexibility index (Phi) is 4.19. The third-order valence-electron chi connectivity index (χ3n) is 1.60. The van der Waals surface area contributed by atoms with Crippen LogP contribution in [0.5, 0.6) is 0 Å². The van der Waals surface area contributed by atoms with E-state index in [4.69, 9.17) is 5.26 Å². The molecule has 0 atom stereocenters. The van der Waals surface area contributed by atoms with Gasteiger partial charge in [-0.15, -0.1) is 0 Å². The zero-order valence-corrected chi connectivity index (χ0v) is 10.5. The predicted molar refractivity (Wildman–Crippen MR) is 59.3 cm³/mol. The van der Waals surface area contributed by atoms with Gasteiger partial charge in [-0.1, -0.05) is 15.9 Å². The van der Waals surface area contributed by atoms with E-state index in [0.717, 1.165) is 0 Å². The van der Waals surface area contributed by atoms with E-state index in [1.54, 1.807) is 22.6 Å². The van der Waals surface area contributed by atoms with Gasteiger partial charge in [0.1, 0.15) is 6.07 Å². The molecule has 0 spiro atoms. The summed E-state index contributed by atoms with van der Waals surface area (Å²) in [5, 5.41) is 8.90. The molecule has 0 bridgehead atoms. The summed E-state index contributed by atoms with van der Waals surface area (Å²) in [5.74, 6) is 0. The summed E-state index contributed by atoms with van der Waals surface area (Å²) in [5.41, 5.74) is 0.315. The smallest absolute Gasteiger partial charge is 0.258 e. The highest BCUT2D eigenvalue weighted by molar-refractivity contribution is 14.1. The number of alkyl halides is 3. The number of rotatable bonds is 2. The van der Waals surface area contributed by atoms with Crippen molar-refractivity contribution < 1.29 is 8.78 Å². The van der Waals surface area contributed by atoms with Crippen LogP contribution in [0.2, 0.25) is 0 Å². The summed E-state index contributed by atoms with van der Waals surface area (Å²) < 4.78 is 25.5. The lowest BCUT2D eigenvalue weighted by Crippen LogP contribution is -2.01. The van der Waals surface area contributed by atoms with Gasteiger partial charge in [0.25, 0.3) is 6.43 Å². The van der Waals surface area contributed by atoms with Crippen molar-refractivity contribution in [2.75, 3.05) is 0 Å². The molecule has 6 heteroatoms. The molecule has 1 aromatic rings. The summed E-state index contributed by atoms with van der Waals surface area (Å²) in [6.45, 7) is 0. The van der Waals surface area contributed by atoms with Gasteiger partial charge < -0.3 is 0 Å². The Labute approximate surface area is 102 Å². The highest BCUT2D eigenvalue weighted by Crippen LogP contribution is 2.29. The molecule has 1 rings (SSSR count). The summed E-state index contributed by atoms with van der Waals surface area (Å²) in [6.07, 6.45) is -1.29. The van der Waals surface area contributed by atoms with Gasteiger partial charge in [-0.3, -0.25) is 4.98 Å². The Hall–Kier alpha value is -0.290. The van der Waals surface area contributed by atoms with Gasteiger partial charge in [-0.25, -0.2) is 8.78 Å². The first-order valence-corrected chi connectivity index (χ1v) is 5.73. The molecule has 0 saturated carbocycles. The minimum Gasteiger partial charge on any atom is -0.258 e. The van der Waals surface area contributed by atoms with Crippen LogP contribution >= 0.6 is 38.5 Å². The molecular formula is C8H4BrF2IN2. The van der Waals surface area contributed by atoms with Crippen molar-refractivity contribution >= 4 is 38.5 Å². The maximum absolute atomic E-state index is 12.6. The lowest BCUT2D eigenvalue weighted by atomic mass is 10.1. The monoisotopic (exact) mass is 372 g/mol. The third kappa shape index (κ3) is 2.20. The van der Waals surface area contributed by atoms with E-state index in [0.29, 0.717) is 0 Å². The van der Waals surface area contributed by atoms with Crippen molar-refractivity contribution in [1.82, 2.24) is 4.98 Å². The number of nitrogens with zero attached hydrogens (tertiary/aromatic N) is 2. The lowest BCUT2D eigenvalue weighted by Gasteiger charge is -2.08. The maximum Gasteiger partial charge on any atom is 0.266 e. The van der Waals surface area contributed by atoms with E-state index in [2.05, 4.69) is 20.9 Å². The number of hydrogen-bond acceptors (Lipinski definition) is 2. The predicted octanol–water partition coefficient (Wildman–Crippen LogP) is 3.39. The Morgan fingerprint density at radius 2 is 2.29 bits per heavy atom. The van der Waals surface area contributed by atoms with E-state index in [1.165, 1.54) is 6.20 Å². The largest absolute Gasteiger partial charge is 0.266 e. The molecule has 0 aliphatic heterocycles. The fourth-order valence-corrected chi connectivity index (χ4v) is 2.20. The van der Waals surface area contributed by atoms with Crippen LogP contribution in [0.4, 0.5) is 8.78 Å².